The highest BCUT2D eigenvalue weighted by atomic mass is 32.2. The molecule has 3 rings (SSSR count). The molecule has 8 nitrogen and oxygen atoms in total. The van der Waals surface area contributed by atoms with E-state index in [4.69, 9.17) is 5.73 Å². The molecule has 2 amide bonds. The lowest BCUT2D eigenvalue weighted by Crippen LogP contribution is -2.41. The second kappa shape index (κ2) is 8.43. The number of amides is 2. The number of nitrogens with one attached hydrogen (secondary N) is 1. The number of likely N-dealkylation sites (tertiary alicyclic amines) is 1. The smallest absolute Gasteiger partial charge is 0.405 e. The summed E-state index contributed by atoms with van der Waals surface area (Å²) in [6.45, 7) is 2.86. The molecule has 1 aromatic heterocycles. The maximum absolute atomic E-state index is 12.2. The van der Waals surface area contributed by atoms with Crippen LogP contribution < -0.4 is 11.3 Å². The van der Waals surface area contributed by atoms with Crippen molar-refractivity contribution < 1.29 is 14.3 Å². The minimum atomic E-state index is -0.944. The Morgan fingerprint density at radius 3 is 2.81 bits per heavy atom. The molecule has 0 atom stereocenters. The number of nitrogens with zero attached hydrogens (tertiary/aromatic N) is 2. The number of piperidine rings is 1. The van der Waals surface area contributed by atoms with Crippen molar-refractivity contribution in [3.63, 3.8) is 0 Å². The van der Waals surface area contributed by atoms with Gasteiger partial charge >= 0.3 is 6.09 Å². The summed E-state index contributed by atoms with van der Waals surface area (Å²) < 4.78 is 4.55. The zero-order chi connectivity index (χ0) is 19.4. The minimum Gasteiger partial charge on any atom is -0.440 e. The maximum atomic E-state index is 12.2. The lowest BCUT2D eigenvalue weighted by Gasteiger charge is -2.31. The summed E-state index contributed by atoms with van der Waals surface area (Å²) in [7, 11) is 0. The standard InChI is InChI=1S/C18H22N4O4S/c1-11-3-2-4-13-16(11)20-14(21-17(13)24)10-27-12-5-7-22(8-6-12)15(23)9-26-18(19)25/h2-4,12H,5-10H2,1H3,(H2,19,25)(H,20,21,24). The van der Waals surface area contributed by atoms with E-state index >= 15 is 0 Å². The molecule has 144 valence electrons. The maximum Gasteiger partial charge on any atom is 0.405 e. The number of rotatable bonds is 5. The quantitative estimate of drug-likeness (QED) is 0.800. The summed E-state index contributed by atoms with van der Waals surface area (Å²) in [4.78, 5) is 43.9. The van der Waals surface area contributed by atoms with Crippen molar-refractivity contribution in [2.45, 2.75) is 30.8 Å². The summed E-state index contributed by atoms with van der Waals surface area (Å²) in [5, 5.41) is 0.984. The summed E-state index contributed by atoms with van der Waals surface area (Å²) in [5.41, 5.74) is 6.48. The van der Waals surface area contributed by atoms with E-state index in [1.165, 1.54) is 0 Å². The highest BCUT2D eigenvalue weighted by Gasteiger charge is 2.23. The van der Waals surface area contributed by atoms with Crippen molar-refractivity contribution in [2.24, 2.45) is 5.73 Å². The molecular weight excluding hydrogens is 368 g/mol. The predicted molar refractivity (Wildman–Crippen MR) is 104 cm³/mol. The van der Waals surface area contributed by atoms with Gasteiger partial charge in [0.1, 0.15) is 5.82 Å². The van der Waals surface area contributed by atoms with Crippen LogP contribution in [0.15, 0.2) is 23.0 Å². The fourth-order valence-electron chi connectivity index (χ4n) is 3.11. The lowest BCUT2D eigenvalue weighted by molar-refractivity contribution is -0.135. The predicted octanol–water partition coefficient (Wildman–Crippen LogP) is 1.55. The van der Waals surface area contributed by atoms with Gasteiger partial charge in [-0.3, -0.25) is 9.59 Å². The third-order valence-corrected chi connectivity index (χ3v) is 5.96. The first kappa shape index (κ1) is 19.2. The van der Waals surface area contributed by atoms with E-state index < -0.39 is 6.09 Å². The van der Waals surface area contributed by atoms with Crippen LogP contribution in [0.1, 0.15) is 24.2 Å². The first-order valence-corrected chi connectivity index (χ1v) is 9.79. The second-order valence-electron chi connectivity index (χ2n) is 6.48. The summed E-state index contributed by atoms with van der Waals surface area (Å²) >= 11 is 1.73. The average Bonchev–Trinajstić information content (AvgIpc) is 2.66. The summed E-state index contributed by atoms with van der Waals surface area (Å²) in [6.07, 6.45) is 0.731. The minimum absolute atomic E-state index is 0.117. The third kappa shape index (κ3) is 4.79. The number of benzene rings is 1. The van der Waals surface area contributed by atoms with Crippen LogP contribution in [0.5, 0.6) is 0 Å². The van der Waals surface area contributed by atoms with Crippen molar-refractivity contribution in [3.05, 3.63) is 39.9 Å². The van der Waals surface area contributed by atoms with Crippen molar-refractivity contribution in [2.75, 3.05) is 19.7 Å². The van der Waals surface area contributed by atoms with E-state index in [9.17, 15) is 14.4 Å². The second-order valence-corrected chi connectivity index (χ2v) is 7.77. The number of carbonyl (C=O) groups is 2. The topological polar surface area (TPSA) is 118 Å². The number of aromatic amines is 1. The van der Waals surface area contributed by atoms with Crippen LogP contribution in [0.4, 0.5) is 4.79 Å². The molecule has 1 aliphatic heterocycles. The highest BCUT2D eigenvalue weighted by Crippen LogP contribution is 2.26. The van der Waals surface area contributed by atoms with E-state index in [0.29, 0.717) is 35.3 Å². The monoisotopic (exact) mass is 390 g/mol. The molecule has 1 aliphatic rings. The number of fused-ring (bicyclic) bond motifs is 1. The number of primary amides is 1. The Labute approximate surface area is 160 Å². The van der Waals surface area contributed by atoms with Crippen LogP contribution in [-0.4, -0.2) is 51.8 Å². The van der Waals surface area contributed by atoms with E-state index in [1.54, 1.807) is 22.7 Å². The fourth-order valence-corrected chi connectivity index (χ4v) is 4.19. The molecular formula is C18H22N4O4S. The molecule has 27 heavy (non-hydrogen) atoms. The van der Waals surface area contributed by atoms with Gasteiger partial charge in [-0.2, -0.15) is 11.8 Å². The molecule has 0 radical (unpaired) electrons. The van der Waals surface area contributed by atoms with Crippen LogP contribution in [0.25, 0.3) is 10.9 Å². The normalized spacial score (nSPS) is 15.1. The van der Waals surface area contributed by atoms with Crippen LogP contribution in [0, 0.1) is 6.92 Å². The van der Waals surface area contributed by atoms with Crippen molar-refractivity contribution in [1.82, 2.24) is 14.9 Å². The number of hydrogen-bond acceptors (Lipinski definition) is 6. The molecule has 1 saturated heterocycles. The number of aromatic nitrogens is 2. The molecule has 1 aromatic carbocycles. The molecule has 9 heteroatoms. The van der Waals surface area contributed by atoms with Gasteiger partial charge in [0.05, 0.1) is 16.7 Å². The number of thioether (sulfide) groups is 1. The highest BCUT2D eigenvalue weighted by molar-refractivity contribution is 7.99. The van der Waals surface area contributed by atoms with Gasteiger partial charge in [-0.15, -0.1) is 0 Å². The SMILES string of the molecule is Cc1cccc2c(=O)[nH]c(CSC3CCN(C(=O)COC(N)=O)CC3)nc12. The summed E-state index contributed by atoms with van der Waals surface area (Å²) in [6, 6.07) is 5.58. The van der Waals surface area contributed by atoms with Gasteiger partial charge in [0.15, 0.2) is 6.61 Å². The van der Waals surface area contributed by atoms with Gasteiger partial charge in [-0.1, -0.05) is 12.1 Å². The Morgan fingerprint density at radius 2 is 2.11 bits per heavy atom. The van der Waals surface area contributed by atoms with Gasteiger partial charge in [0, 0.05) is 18.3 Å². The van der Waals surface area contributed by atoms with Crippen LogP contribution >= 0.6 is 11.8 Å². The van der Waals surface area contributed by atoms with Crippen LogP contribution in [-0.2, 0) is 15.3 Å². The number of H-pyrrole nitrogens is 1. The summed E-state index contributed by atoms with van der Waals surface area (Å²) in [5.74, 6) is 1.05. The third-order valence-electron chi connectivity index (χ3n) is 4.58. The average molecular weight is 390 g/mol. The number of nitrogens with two attached hydrogens (primary N) is 1. The van der Waals surface area contributed by atoms with Crippen LogP contribution in [0.3, 0.4) is 0 Å². The lowest BCUT2D eigenvalue weighted by atomic mass is 10.1. The number of aryl methyl sites for hydroxylation is 1. The zero-order valence-electron chi connectivity index (χ0n) is 15.1. The van der Waals surface area contributed by atoms with E-state index in [2.05, 4.69) is 14.7 Å². The Hall–Kier alpha value is -2.55. The van der Waals surface area contributed by atoms with E-state index in [-0.39, 0.29) is 18.1 Å². The molecule has 0 saturated carbocycles. The van der Waals surface area contributed by atoms with Gasteiger partial charge < -0.3 is 20.4 Å². The molecule has 0 spiro atoms. The fraction of sp³-hybridized carbons (Fsp3) is 0.444. The molecule has 0 unspecified atom stereocenters. The number of para-hydroxylation sites is 1. The molecule has 3 N–H and O–H groups in total. The molecule has 0 bridgehead atoms. The Bertz CT molecular complexity index is 906. The van der Waals surface area contributed by atoms with Gasteiger partial charge in [0.2, 0.25) is 0 Å². The molecule has 0 aliphatic carbocycles. The van der Waals surface area contributed by atoms with Crippen LogP contribution in [0.2, 0.25) is 0 Å². The van der Waals surface area contributed by atoms with Gasteiger partial charge in [0.25, 0.3) is 11.5 Å². The Kier molecular flexibility index (Phi) is 6.00. The first-order valence-electron chi connectivity index (χ1n) is 8.74. The van der Waals surface area contributed by atoms with Gasteiger partial charge in [-0.25, -0.2) is 9.78 Å². The largest absolute Gasteiger partial charge is 0.440 e. The van der Waals surface area contributed by atoms with Crippen molar-refractivity contribution in [3.8, 4) is 0 Å². The number of ether oxygens (including phenoxy) is 1. The Balaban J connectivity index is 1.54. The van der Waals surface area contributed by atoms with Crippen molar-refractivity contribution >= 4 is 34.7 Å². The van der Waals surface area contributed by atoms with E-state index in [1.807, 2.05) is 19.1 Å². The molecule has 1 fully saturated rings. The first-order chi connectivity index (χ1) is 12.9. The van der Waals surface area contributed by atoms with Gasteiger partial charge in [-0.05, 0) is 31.4 Å². The zero-order valence-corrected chi connectivity index (χ0v) is 15.9. The Morgan fingerprint density at radius 1 is 1.37 bits per heavy atom. The molecule has 2 aromatic rings. The molecule has 2 heterocycles. The van der Waals surface area contributed by atoms with Crippen molar-refractivity contribution in [1.29, 1.82) is 0 Å². The number of hydrogen-bond donors (Lipinski definition) is 2. The number of carbonyl (C=O) groups excluding carboxylic acids is 2. The van der Waals surface area contributed by atoms with E-state index in [0.717, 1.165) is 23.9 Å².